The zero-order chi connectivity index (χ0) is 17.8. The van der Waals surface area contributed by atoms with Crippen molar-refractivity contribution in [2.24, 2.45) is 23.2 Å². The minimum atomic E-state index is -3.51. The fraction of sp³-hybridized carbons (Fsp3) is 0.700. The summed E-state index contributed by atoms with van der Waals surface area (Å²) in [5.74, 6) is 3.12. The Morgan fingerprint density at radius 3 is 2.12 bits per heavy atom. The van der Waals surface area contributed by atoms with Gasteiger partial charge in [-0.25, -0.2) is 13.1 Å². The van der Waals surface area contributed by atoms with Gasteiger partial charge >= 0.3 is 0 Å². The van der Waals surface area contributed by atoms with Crippen molar-refractivity contribution in [1.82, 2.24) is 4.72 Å². The second kappa shape index (κ2) is 5.98. The average molecular weight is 364 g/mol. The molecule has 0 aromatic heterocycles. The summed E-state index contributed by atoms with van der Waals surface area (Å²) in [6, 6.07) is 3.55. The number of sulfonamides is 1. The Bertz CT molecular complexity index is 749. The molecule has 0 spiro atoms. The highest BCUT2D eigenvalue weighted by Crippen LogP contribution is 2.59. The predicted octanol–water partition coefficient (Wildman–Crippen LogP) is 3.81. The molecule has 25 heavy (non-hydrogen) atoms. The highest BCUT2D eigenvalue weighted by Gasteiger charge is 2.51. The molecular formula is C20H29NO3S. The van der Waals surface area contributed by atoms with Crippen molar-refractivity contribution in [3.05, 3.63) is 23.3 Å². The van der Waals surface area contributed by atoms with Crippen LogP contribution in [0.2, 0.25) is 0 Å². The van der Waals surface area contributed by atoms with Crippen LogP contribution in [0.25, 0.3) is 0 Å². The van der Waals surface area contributed by atoms with Crippen LogP contribution in [0.1, 0.15) is 49.7 Å². The number of benzene rings is 1. The van der Waals surface area contributed by atoms with E-state index < -0.39 is 10.0 Å². The van der Waals surface area contributed by atoms with Gasteiger partial charge in [-0.2, -0.15) is 0 Å². The summed E-state index contributed by atoms with van der Waals surface area (Å²) in [6.45, 7) is 4.38. The van der Waals surface area contributed by atoms with Crippen LogP contribution in [-0.4, -0.2) is 22.1 Å². The molecule has 1 aromatic carbocycles. The van der Waals surface area contributed by atoms with Crippen LogP contribution in [0, 0.1) is 37.0 Å². The van der Waals surface area contributed by atoms with Crippen LogP contribution in [0.4, 0.5) is 0 Å². The molecular weight excluding hydrogens is 334 g/mol. The summed E-state index contributed by atoms with van der Waals surface area (Å²) in [5, 5.41) is 0. The summed E-state index contributed by atoms with van der Waals surface area (Å²) in [6.07, 6.45) is 7.74. The molecule has 4 saturated carbocycles. The van der Waals surface area contributed by atoms with E-state index in [1.807, 2.05) is 19.9 Å². The molecule has 4 nitrogen and oxygen atoms in total. The van der Waals surface area contributed by atoms with Crippen molar-refractivity contribution in [1.29, 1.82) is 0 Å². The quantitative estimate of drug-likeness (QED) is 0.865. The molecule has 0 radical (unpaired) electrons. The summed E-state index contributed by atoms with van der Waals surface area (Å²) >= 11 is 0. The van der Waals surface area contributed by atoms with E-state index in [-0.39, 0.29) is 5.41 Å². The molecule has 0 amide bonds. The molecule has 138 valence electrons. The maximum atomic E-state index is 13.0. The summed E-state index contributed by atoms with van der Waals surface area (Å²) in [4.78, 5) is 0.347. The van der Waals surface area contributed by atoms with E-state index in [1.165, 1.54) is 38.5 Å². The molecule has 4 fully saturated rings. The standard InChI is InChI=1S/C20H29NO3S/c1-13-4-14(2)19(8-18(13)24-3)25(22,23)21-12-20-9-15-5-16(10-20)7-17(6-15)11-20/h4,8,15-17,21H,5-7,9-12H2,1-3H3. The number of ether oxygens (including phenoxy) is 1. The average Bonchev–Trinajstić information content (AvgIpc) is 2.52. The van der Waals surface area contributed by atoms with Gasteiger partial charge in [-0.3, -0.25) is 0 Å². The zero-order valence-corrected chi connectivity index (χ0v) is 16.3. The molecule has 1 aromatic rings. The van der Waals surface area contributed by atoms with Crippen LogP contribution >= 0.6 is 0 Å². The van der Waals surface area contributed by atoms with E-state index in [9.17, 15) is 8.42 Å². The van der Waals surface area contributed by atoms with Gasteiger partial charge in [-0.05, 0) is 86.7 Å². The number of aryl methyl sites for hydroxylation is 2. The topological polar surface area (TPSA) is 55.4 Å². The summed E-state index contributed by atoms with van der Waals surface area (Å²) in [5.41, 5.74) is 1.93. The fourth-order valence-corrected chi connectivity index (χ4v) is 7.55. The van der Waals surface area contributed by atoms with Gasteiger partial charge in [0, 0.05) is 12.6 Å². The smallest absolute Gasteiger partial charge is 0.240 e. The second-order valence-corrected chi connectivity index (χ2v) is 10.6. The van der Waals surface area contributed by atoms with Crippen molar-refractivity contribution in [3.8, 4) is 5.75 Å². The van der Waals surface area contributed by atoms with Gasteiger partial charge in [0.25, 0.3) is 0 Å². The number of hydrogen-bond acceptors (Lipinski definition) is 3. The van der Waals surface area contributed by atoms with Gasteiger partial charge in [0.1, 0.15) is 5.75 Å². The minimum absolute atomic E-state index is 0.199. The lowest BCUT2D eigenvalue weighted by molar-refractivity contribution is -0.0487. The summed E-state index contributed by atoms with van der Waals surface area (Å²) < 4.78 is 34.2. The molecule has 0 unspecified atom stereocenters. The van der Waals surface area contributed by atoms with Gasteiger partial charge in [-0.15, -0.1) is 0 Å². The third kappa shape index (κ3) is 3.10. The number of methoxy groups -OCH3 is 1. The molecule has 0 aliphatic heterocycles. The maximum absolute atomic E-state index is 13.0. The zero-order valence-electron chi connectivity index (χ0n) is 15.5. The largest absolute Gasteiger partial charge is 0.496 e. The van der Waals surface area contributed by atoms with E-state index in [4.69, 9.17) is 4.74 Å². The predicted molar refractivity (Wildman–Crippen MR) is 98.3 cm³/mol. The second-order valence-electron chi connectivity index (χ2n) is 8.83. The Hall–Kier alpha value is -1.07. The minimum Gasteiger partial charge on any atom is -0.496 e. The Labute approximate surface area is 151 Å². The van der Waals surface area contributed by atoms with E-state index in [0.717, 1.165) is 28.9 Å². The number of nitrogens with one attached hydrogen (secondary N) is 1. The first-order chi connectivity index (χ1) is 11.8. The highest BCUT2D eigenvalue weighted by molar-refractivity contribution is 7.89. The first-order valence-electron chi connectivity index (χ1n) is 9.45. The van der Waals surface area contributed by atoms with Gasteiger partial charge in [0.15, 0.2) is 0 Å². The SMILES string of the molecule is COc1cc(S(=O)(=O)NCC23CC4CC(CC(C4)C2)C3)c(C)cc1C. The molecule has 4 aliphatic rings. The third-order valence-corrected chi connectivity index (χ3v) is 8.33. The van der Waals surface area contributed by atoms with E-state index in [0.29, 0.717) is 17.2 Å². The van der Waals surface area contributed by atoms with Crippen LogP contribution < -0.4 is 9.46 Å². The number of hydrogen-bond donors (Lipinski definition) is 1. The Morgan fingerprint density at radius 2 is 1.60 bits per heavy atom. The molecule has 0 heterocycles. The monoisotopic (exact) mass is 363 g/mol. The Balaban J connectivity index is 1.55. The van der Waals surface area contributed by atoms with Crippen LogP contribution in [-0.2, 0) is 10.0 Å². The Morgan fingerprint density at radius 1 is 1.04 bits per heavy atom. The van der Waals surface area contributed by atoms with Gasteiger partial charge in [0.05, 0.1) is 12.0 Å². The third-order valence-electron chi connectivity index (χ3n) is 6.78. The highest BCUT2D eigenvalue weighted by atomic mass is 32.2. The molecule has 0 atom stereocenters. The van der Waals surface area contributed by atoms with Crippen molar-refractivity contribution >= 4 is 10.0 Å². The Kier molecular flexibility index (Phi) is 4.15. The van der Waals surface area contributed by atoms with E-state index >= 15 is 0 Å². The van der Waals surface area contributed by atoms with Crippen molar-refractivity contribution < 1.29 is 13.2 Å². The maximum Gasteiger partial charge on any atom is 0.240 e. The van der Waals surface area contributed by atoms with Crippen LogP contribution in [0.15, 0.2) is 17.0 Å². The van der Waals surface area contributed by atoms with Gasteiger partial charge in [0.2, 0.25) is 10.0 Å². The normalized spacial score (nSPS) is 33.6. The van der Waals surface area contributed by atoms with Crippen molar-refractivity contribution in [2.75, 3.05) is 13.7 Å². The van der Waals surface area contributed by atoms with Gasteiger partial charge < -0.3 is 4.74 Å². The molecule has 1 N–H and O–H groups in total. The van der Waals surface area contributed by atoms with Crippen molar-refractivity contribution in [2.45, 2.75) is 57.3 Å². The van der Waals surface area contributed by atoms with Crippen LogP contribution in [0.5, 0.6) is 5.75 Å². The number of rotatable bonds is 5. The molecule has 5 heteroatoms. The van der Waals surface area contributed by atoms with Crippen molar-refractivity contribution in [3.63, 3.8) is 0 Å². The van der Waals surface area contributed by atoms with E-state index in [1.54, 1.807) is 13.2 Å². The first kappa shape index (κ1) is 17.3. The first-order valence-corrected chi connectivity index (χ1v) is 10.9. The lowest BCUT2D eigenvalue weighted by Crippen LogP contribution is -2.51. The molecule has 4 aliphatic carbocycles. The molecule has 0 saturated heterocycles. The fourth-order valence-electron chi connectivity index (χ4n) is 6.16. The lowest BCUT2D eigenvalue weighted by Gasteiger charge is -2.56. The van der Waals surface area contributed by atoms with E-state index in [2.05, 4.69) is 4.72 Å². The summed E-state index contributed by atoms with van der Waals surface area (Å²) in [7, 11) is -1.93. The lowest BCUT2D eigenvalue weighted by atomic mass is 9.50. The molecule has 5 rings (SSSR count). The van der Waals surface area contributed by atoms with Crippen LogP contribution in [0.3, 0.4) is 0 Å². The molecule has 4 bridgehead atoms. The van der Waals surface area contributed by atoms with Gasteiger partial charge in [-0.1, -0.05) is 6.07 Å².